The van der Waals surface area contributed by atoms with E-state index >= 15 is 0 Å². The third-order valence-corrected chi connectivity index (χ3v) is 8.29. The van der Waals surface area contributed by atoms with Crippen LogP contribution in [0.25, 0.3) is 11.1 Å². The molecule has 2 unspecified atom stereocenters. The summed E-state index contributed by atoms with van der Waals surface area (Å²) in [5.74, 6) is 0.382. The highest BCUT2D eigenvalue weighted by atomic mass is 16.6. The smallest absolute Gasteiger partial charge is 0.410 e. The SMILES string of the molecule is CC(C)c1ccccc1C(=O)C1CC2COCC(C1)N2C(=O)OCC1c2ccccc2-c2ccccc21. The van der Waals surface area contributed by atoms with Crippen molar-refractivity contribution in [1.29, 1.82) is 0 Å². The molecule has 1 amide bonds. The van der Waals surface area contributed by atoms with Crippen molar-refractivity contribution < 1.29 is 19.1 Å². The summed E-state index contributed by atoms with van der Waals surface area (Å²) in [7, 11) is 0. The molecule has 3 aromatic carbocycles. The highest BCUT2D eigenvalue weighted by Gasteiger charge is 2.45. The number of piperidine rings is 1. The zero-order valence-electron chi connectivity index (χ0n) is 21.4. The first-order chi connectivity index (χ1) is 18.0. The lowest BCUT2D eigenvalue weighted by Gasteiger charge is -2.47. The highest BCUT2D eigenvalue weighted by molar-refractivity contribution is 5.99. The van der Waals surface area contributed by atoms with Crippen LogP contribution in [0, 0.1) is 5.92 Å². The predicted molar refractivity (Wildman–Crippen MR) is 143 cm³/mol. The summed E-state index contributed by atoms with van der Waals surface area (Å²) in [6, 6.07) is 24.3. The predicted octanol–water partition coefficient (Wildman–Crippen LogP) is 6.42. The second-order valence-electron chi connectivity index (χ2n) is 10.8. The van der Waals surface area contributed by atoms with E-state index in [-0.39, 0.29) is 41.7 Å². The van der Waals surface area contributed by atoms with Gasteiger partial charge in [0.2, 0.25) is 0 Å². The van der Waals surface area contributed by atoms with Crippen molar-refractivity contribution in [3.8, 4) is 11.1 Å². The van der Waals surface area contributed by atoms with Crippen molar-refractivity contribution in [2.75, 3.05) is 19.8 Å². The largest absolute Gasteiger partial charge is 0.448 e. The van der Waals surface area contributed by atoms with Crippen LogP contribution >= 0.6 is 0 Å². The minimum absolute atomic E-state index is 0.0269. The second-order valence-corrected chi connectivity index (χ2v) is 10.8. The summed E-state index contributed by atoms with van der Waals surface area (Å²) in [6.07, 6.45) is 0.909. The molecule has 3 aromatic rings. The van der Waals surface area contributed by atoms with E-state index in [9.17, 15) is 9.59 Å². The Morgan fingerprint density at radius 3 is 2.05 bits per heavy atom. The van der Waals surface area contributed by atoms with E-state index in [4.69, 9.17) is 9.47 Å². The van der Waals surface area contributed by atoms with Crippen LogP contribution in [-0.4, -0.2) is 48.7 Å². The Hall–Kier alpha value is -3.44. The molecule has 37 heavy (non-hydrogen) atoms. The van der Waals surface area contributed by atoms with Gasteiger partial charge in [-0.1, -0.05) is 86.6 Å². The van der Waals surface area contributed by atoms with E-state index in [0.29, 0.717) is 32.7 Å². The number of carbonyl (C=O) groups excluding carboxylic acids is 2. The number of carbonyl (C=O) groups is 2. The molecule has 2 fully saturated rings. The van der Waals surface area contributed by atoms with Crippen LogP contribution in [0.5, 0.6) is 0 Å². The molecule has 2 aliphatic heterocycles. The molecule has 2 atom stereocenters. The summed E-state index contributed by atoms with van der Waals surface area (Å²) in [5.41, 5.74) is 6.74. The molecule has 0 radical (unpaired) electrons. The fourth-order valence-electron chi connectivity index (χ4n) is 6.54. The van der Waals surface area contributed by atoms with E-state index in [2.05, 4.69) is 50.2 Å². The van der Waals surface area contributed by atoms with Crippen molar-refractivity contribution in [3.05, 3.63) is 95.1 Å². The number of morpholine rings is 1. The average Bonchev–Trinajstić information content (AvgIpc) is 3.24. The molecule has 2 bridgehead atoms. The molecule has 1 aliphatic carbocycles. The number of ketones is 1. The maximum Gasteiger partial charge on any atom is 0.410 e. The summed E-state index contributed by atoms with van der Waals surface area (Å²) >= 11 is 0. The van der Waals surface area contributed by atoms with E-state index < -0.39 is 0 Å². The lowest BCUT2D eigenvalue weighted by molar-refractivity contribution is -0.0747. The van der Waals surface area contributed by atoms with Crippen molar-refractivity contribution in [3.63, 3.8) is 0 Å². The van der Waals surface area contributed by atoms with Gasteiger partial charge in [0.15, 0.2) is 5.78 Å². The number of hydrogen-bond donors (Lipinski definition) is 0. The zero-order valence-corrected chi connectivity index (χ0v) is 21.4. The Labute approximate surface area is 218 Å². The van der Waals surface area contributed by atoms with Crippen LogP contribution < -0.4 is 0 Å². The van der Waals surface area contributed by atoms with Gasteiger partial charge in [-0.05, 0) is 46.6 Å². The standard InChI is InChI=1S/C32H33NO4/c1-20(2)24-9-3-8-14-29(24)31(34)21-15-22-17-36-18-23(16-21)33(22)32(35)37-19-30-27-12-6-4-10-25(27)26-11-5-7-13-28(26)30/h3-14,20-23,30H,15-19H2,1-2H3. The van der Waals surface area contributed by atoms with Crippen LogP contribution in [0.4, 0.5) is 4.79 Å². The summed E-state index contributed by atoms with van der Waals surface area (Å²) in [6.45, 7) is 5.42. The van der Waals surface area contributed by atoms with Crippen molar-refractivity contribution in [2.45, 2.75) is 50.6 Å². The summed E-state index contributed by atoms with van der Waals surface area (Å²) in [4.78, 5) is 28.9. The topological polar surface area (TPSA) is 55.8 Å². The molecule has 0 aromatic heterocycles. The fourth-order valence-corrected chi connectivity index (χ4v) is 6.54. The van der Waals surface area contributed by atoms with Gasteiger partial charge in [-0.15, -0.1) is 0 Å². The van der Waals surface area contributed by atoms with E-state index in [1.165, 1.54) is 22.3 Å². The van der Waals surface area contributed by atoms with Crippen LogP contribution in [0.3, 0.4) is 0 Å². The number of benzene rings is 3. The normalized spacial score (nSPS) is 22.5. The molecule has 6 rings (SSSR count). The lowest BCUT2D eigenvalue weighted by Crippen LogP contribution is -2.60. The van der Waals surface area contributed by atoms with Gasteiger partial charge in [-0.25, -0.2) is 4.79 Å². The monoisotopic (exact) mass is 495 g/mol. The zero-order chi connectivity index (χ0) is 25.5. The molecule has 190 valence electrons. The number of hydrogen-bond acceptors (Lipinski definition) is 4. The van der Waals surface area contributed by atoms with E-state index in [1.807, 2.05) is 41.3 Å². The van der Waals surface area contributed by atoms with E-state index in [0.717, 1.165) is 11.1 Å². The number of nitrogens with zero attached hydrogens (tertiary/aromatic N) is 1. The third-order valence-electron chi connectivity index (χ3n) is 8.29. The molecule has 2 saturated heterocycles. The van der Waals surface area contributed by atoms with Crippen LogP contribution in [-0.2, 0) is 9.47 Å². The number of fused-ring (bicyclic) bond motifs is 5. The summed E-state index contributed by atoms with van der Waals surface area (Å²) < 4.78 is 11.8. The minimum Gasteiger partial charge on any atom is -0.448 e. The molecule has 0 N–H and O–H groups in total. The Kier molecular flexibility index (Phi) is 6.33. The Bertz CT molecular complexity index is 1270. The first kappa shape index (κ1) is 23.9. The quantitative estimate of drug-likeness (QED) is 0.383. The number of rotatable bonds is 5. The van der Waals surface area contributed by atoms with Gasteiger partial charge in [0, 0.05) is 17.4 Å². The van der Waals surface area contributed by atoms with Gasteiger partial charge < -0.3 is 9.47 Å². The maximum absolute atomic E-state index is 13.6. The lowest BCUT2D eigenvalue weighted by atomic mass is 9.79. The maximum atomic E-state index is 13.6. The average molecular weight is 496 g/mol. The number of Topliss-reactive ketones (excluding diaryl/α,β-unsaturated/α-hetero) is 1. The summed E-state index contributed by atoms with van der Waals surface area (Å²) in [5, 5.41) is 0. The van der Waals surface area contributed by atoms with Crippen molar-refractivity contribution >= 4 is 11.9 Å². The Balaban J connectivity index is 1.17. The van der Waals surface area contributed by atoms with Crippen molar-refractivity contribution in [2.24, 2.45) is 5.92 Å². The van der Waals surface area contributed by atoms with Crippen LogP contribution in [0.1, 0.15) is 65.6 Å². The van der Waals surface area contributed by atoms with Crippen LogP contribution in [0.15, 0.2) is 72.8 Å². The van der Waals surface area contributed by atoms with Gasteiger partial charge in [-0.2, -0.15) is 0 Å². The third kappa shape index (κ3) is 4.25. The molecule has 0 spiro atoms. The molecular formula is C32H33NO4. The Morgan fingerprint density at radius 2 is 1.43 bits per heavy atom. The van der Waals surface area contributed by atoms with Gasteiger partial charge in [0.1, 0.15) is 6.61 Å². The van der Waals surface area contributed by atoms with Crippen molar-refractivity contribution in [1.82, 2.24) is 4.90 Å². The molecule has 3 aliphatic rings. The van der Waals surface area contributed by atoms with Crippen LogP contribution in [0.2, 0.25) is 0 Å². The van der Waals surface area contributed by atoms with Gasteiger partial charge >= 0.3 is 6.09 Å². The number of ether oxygens (including phenoxy) is 2. The second kappa shape index (κ2) is 9.79. The number of amides is 1. The van der Waals surface area contributed by atoms with Gasteiger partial charge in [0.05, 0.1) is 25.3 Å². The molecule has 0 saturated carbocycles. The van der Waals surface area contributed by atoms with Gasteiger partial charge in [-0.3, -0.25) is 9.69 Å². The molecule has 5 nitrogen and oxygen atoms in total. The Morgan fingerprint density at radius 1 is 0.865 bits per heavy atom. The van der Waals surface area contributed by atoms with Gasteiger partial charge in [0.25, 0.3) is 0 Å². The molecule has 2 heterocycles. The fraction of sp³-hybridized carbons (Fsp3) is 0.375. The highest BCUT2D eigenvalue weighted by Crippen LogP contribution is 2.45. The minimum atomic E-state index is -0.298. The molecule has 5 heteroatoms. The van der Waals surface area contributed by atoms with E-state index in [1.54, 1.807) is 0 Å². The first-order valence-corrected chi connectivity index (χ1v) is 13.4. The molecular weight excluding hydrogens is 462 g/mol. The first-order valence-electron chi connectivity index (χ1n) is 13.4.